The van der Waals surface area contributed by atoms with Gasteiger partial charge in [0.1, 0.15) is 5.82 Å². The zero-order valence-corrected chi connectivity index (χ0v) is 19.9. The predicted octanol–water partition coefficient (Wildman–Crippen LogP) is 3.20. The average Bonchev–Trinajstić information content (AvgIpc) is 3.58. The van der Waals surface area contributed by atoms with Gasteiger partial charge < -0.3 is 15.0 Å². The number of carbonyl (C=O) groups excluding carboxylic acids is 1. The first-order chi connectivity index (χ1) is 17.7. The molecule has 1 aromatic carbocycles. The summed E-state index contributed by atoms with van der Waals surface area (Å²) in [5.74, 6) is 1.59. The van der Waals surface area contributed by atoms with E-state index in [0.717, 1.165) is 50.5 Å². The van der Waals surface area contributed by atoms with E-state index in [4.69, 9.17) is 19.9 Å². The minimum atomic E-state index is -0.602. The number of hydrogen-bond acceptors (Lipinski definition) is 10. The van der Waals surface area contributed by atoms with Gasteiger partial charge in [0.25, 0.3) is 5.91 Å². The number of morpholine rings is 1. The van der Waals surface area contributed by atoms with Crippen molar-refractivity contribution in [1.29, 1.82) is 0 Å². The van der Waals surface area contributed by atoms with E-state index in [1.54, 1.807) is 35.1 Å². The lowest BCUT2D eigenvalue weighted by molar-refractivity contribution is 0.0706. The summed E-state index contributed by atoms with van der Waals surface area (Å²) in [5.41, 5.74) is 4.63. The highest BCUT2D eigenvalue weighted by Crippen LogP contribution is 2.36. The summed E-state index contributed by atoms with van der Waals surface area (Å²) in [5, 5.41) is 20.2. The highest BCUT2D eigenvalue weighted by molar-refractivity contribution is 7.19. The Balaban J connectivity index is 1.35. The van der Waals surface area contributed by atoms with Gasteiger partial charge in [-0.25, -0.2) is 20.4 Å². The van der Waals surface area contributed by atoms with Gasteiger partial charge >= 0.3 is 0 Å². The van der Waals surface area contributed by atoms with Gasteiger partial charge in [-0.3, -0.25) is 15.1 Å². The Morgan fingerprint density at radius 2 is 2.06 bits per heavy atom. The number of carbonyl (C=O) groups is 1. The first-order valence-electron chi connectivity index (χ1n) is 11.4. The van der Waals surface area contributed by atoms with Crippen molar-refractivity contribution in [2.45, 2.75) is 6.54 Å². The molecule has 1 aliphatic heterocycles. The molecule has 0 saturated carbocycles. The molecule has 0 radical (unpaired) electrons. The van der Waals surface area contributed by atoms with Crippen molar-refractivity contribution >= 4 is 50.0 Å². The number of amides is 1. The summed E-state index contributed by atoms with van der Waals surface area (Å²) < 4.78 is 6.60. The number of H-pyrrole nitrogens is 1. The van der Waals surface area contributed by atoms with Crippen LogP contribution in [0.2, 0.25) is 0 Å². The van der Waals surface area contributed by atoms with E-state index in [-0.39, 0.29) is 5.56 Å². The fraction of sp³-hybridized carbons (Fsp3) is 0.208. The van der Waals surface area contributed by atoms with Gasteiger partial charge in [0.05, 0.1) is 47.3 Å². The minimum absolute atomic E-state index is 0.274. The molecule has 0 atom stereocenters. The molecule has 12 heteroatoms. The van der Waals surface area contributed by atoms with E-state index in [9.17, 15) is 4.79 Å². The number of nitrogens with one attached hydrogen (secondary N) is 3. The van der Waals surface area contributed by atoms with E-state index in [1.165, 1.54) is 6.20 Å². The van der Waals surface area contributed by atoms with Gasteiger partial charge in [-0.2, -0.15) is 5.10 Å². The summed E-state index contributed by atoms with van der Waals surface area (Å²) in [4.78, 5) is 29.0. The van der Waals surface area contributed by atoms with E-state index >= 15 is 0 Å². The third-order valence-corrected chi connectivity index (χ3v) is 7.13. The number of rotatable bonds is 6. The summed E-state index contributed by atoms with van der Waals surface area (Å²) >= 11 is 1.64. The maximum Gasteiger partial charge on any atom is 0.276 e. The number of pyridine rings is 1. The van der Waals surface area contributed by atoms with Crippen LogP contribution in [0.25, 0.3) is 32.5 Å². The molecule has 36 heavy (non-hydrogen) atoms. The number of nitrogens with zero attached hydrogens (tertiary/aromatic N) is 5. The number of hydroxylamine groups is 1. The van der Waals surface area contributed by atoms with Crippen molar-refractivity contribution in [2.24, 2.45) is 0 Å². The molecule has 5 heterocycles. The number of thiophene rings is 1. The second kappa shape index (κ2) is 9.49. The molecular formula is C24H22N8O3S. The van der Waals surface area contributed by atoms with Gasteiger partial charge in [-0.15, -0.1) is 11.3 Å². The molecule has 4 aromatic heterocycles. The summed E-state index contributed by atoms with van der Waals surface area (Å²) in [6.45, 7) is 3.39. The lowest BCUT2D eigenvalue weighted by atomic mass is 10.1. The maximum atomic E-state index is 11.5. The van der Waals surface area contributed by atoms with Gasteiger partial charge in [0.2, 0.25) is 0 Å². The number of ether oxygens (including phenoxy) is 1. The van der Waals surface area contributed by atoms with E-state index in [1.807, 2.05) is 18.2 Å². The second-order valence-electron chi connectivity index (χ2n) is 8.26. The molecular weight excluding hydrogens is 480 g/mol. The van der Waals surface area contributed by atoms with Crippen molar-refractivity contribution < 1.29 is 14.7 Å². The Kier molecular flexibility index (Phi) is 5.89. The standard InChI is InChI=1S/C24H22N8O3S/c33-24(31-34)14-4-5-20(25-11-14)26-12-15-10-19-21(36-15)23(32-6-8-35-9-7-32)29-22(28-19)16-2-1-3-18-17(16)13-27-30-18/h1-5,10-11,13,34H,6-9,12H2,(H,25,26)(H,27,30)(H,31,33). The molecule has 1 aliphatic rings. The van der Waals surface area contributed by atoms with Gasteiger partial charge in [-0.05, 0) is 24.3 Å². The minimum Gasteiger partial charge on any atom is -0.378 e. The Labute approximate surface area is 209 Å². The maximum absolute atomic E-state index is 11.5. The quantitative estimate of drug-likeness (QED) is 0.203. The van der Waals surface area contributed by atoms with Crippen LogP contribution in [-0.2, 0) is 11.3 Å². The van der Waals surface area contributed by atoms with Crippen LogP contribution in [0.5, 0.6) is 0 Å². The van der Waals surface area contributed by atoms with Crippen molar-refractivity contribution in [1.82, 2.24) is 30.6 Å². The Morgan fingerprint density at radius 1 is 1.17 bits per heavy atom. The molecule has 1 amide bonds. The molecule has 0 aliphatic carbocycles. The lowest BCUT2D eigenvalue weighted by Crippen LogP contribution is -2.36. The molecule has 1 saturated heterocycles. The number of hydrogen-bond donors (Lipinski definition) is 4. The van der Waals surface area contributed by atoms with Crippen LogP contribution >= 0.6 is 11.3 Å². The van der Waals surface area contributed by atoms with Crippen LogP contribution in [0.15, 0.2) is 48.8 Å². The summed E-state index contributed by atoms with van der Waals surface area (Å²) in [6.07, 6.45) is 3.21. The van der Waals surface area contributed by atoms with Crippen LogP contribution in [0.3, 0.4) is 0 Å². The van der Waals surface area contributed by atoms with Crippen LogP contribution in [0.4, 0.5) is 11.6 Å². The first kappa shape index (κ1) is 22.3. The summed E-state index contributed by atoms with van der Waals surface area (Å²) in [6, 6.07) is 11.3. The van der Waals surface area contributed by atoms with Crippen LogP contribution in [-0.4, -0.2) is 62.6 Å². The highest BCUT2D eigenvalue weighted by atomic mass is 32.1. The largest absolute Gasteiger partial charge is 0.378 e. The van der Waals surface area contributed by atoms with Gasteiger partial charge in [0, 0.05) is 35.1 Å². The molecule has 11 nitrogen and oxygen atoms in total. The summed E-state index contributed by atoms with van der Waals surface area (Å²) in [7, 11) is 0. The van der Waals surface area contributed by atoms with E-state index < -0.39 is 5.91 Å². The zero-order valence-electron chi connectivity index (χ0n) is 19.1. The van der Waals surface area contributed by atoms with Gasteiger partial charge in [0.15, 0.2) is 11.6 Å². The van der Waals surface area contributed by atoms with Crippen molar-refractivity contribution in [3.63, 3.8) is 0 Å². The molecule has 0 bridgehead atoms. The lowest BCUT2D eigenvalue weighted by Gasteiger charge is -2.28. The Hall–Kier alpha value is -4.13. The second-order valence-corrected chi connectivity index (χ2v) is 9.40. The Bertz CT molecular complexity index is 1540. The van der Waals surface area contributed by atoms with E-state index in [0.29, 0.717) is 31.4 Å². The van der Waals surface area contributed by atoms with Gasteiger partial charge in [-0.1, -0.05) is 12.1 Å². The number of fused-ring (bicyclic) bond motifs is 2. The first-order valence-corrected chi connectivity index (χ1v) is 12.2. The van der Waals surface area contributed by atoms with Crippen molar-refractivity contribution in [2.75, 3.05) is 36.5 Å². The molecule has 182 valence electrons. The topological polar surface area (TPSA) is 141 Å². The van der Waals surface area contributed by atoms with E-state index in [2.05, 4.69) is 31.5 Å². The highest BCUT2D eigenvalue weighted by Gasteiger charge is 2.21. The van der Waals surface area contributed by atoms with Crippen LogP contribution in [0.1, 0.15) is 15.2 Å². The molecule has 0 spiro atoms. The van der Waals surface area contributed by atoms with Crippen molar-refractivity contribution in [3.8, 4) is 11.4 Å². The normalized spacial score (nSPS) is 13.9. The molecule has 4 N–H and O–H groups in total. The average molecular weight is 503 g/mol. The predicted molar refractivity (Wildman–Crippen MR) is 136 cm³/mol. The Morgan fingerprint density at radius 3 is 2.86 bits per heavy atom. The third-order valence-electron chi connectivity index (χ3n) is 6.01. The molecule has 1 fully saturated rings. The SMILES string of the molecule is O=C(NO)c1ccc(NCc2cc3nc(-c4cccc5[nH]ncc45)nc(N4CCOCC4)c3s2)nc1. The molecule has 5 aromatic rings. The number of anilines is 2. The third kappa shape index (κ3) is 4.21. The zero-order chi connectivity index (χ0) is 24.5. The fourth-order valence-electron chi connectivity index (χ4n) is 4.20. The van der Waals surface area contributed by atoms with Crippen molar-refractivity contribution in [3.05, 3.63) is 59.2 Å². The molecule has 0 unspecified atom stereocenters. The van der Waals surface area contributed by atoms with Crippen LogP contribution < -0.4 is 15.7 Å². The number of aromatic amines is 1. The fourth-order valence-corrected chi connectivity index (χ4v) is 5.25. The van der Waals surface area contributed by atoms with Crippen LogP contribution in [0, 0.1) is 0 Å². The smallest absolute Gasteiger partial charge is 0.276 e. The number of benzene rings is 1. The molecule has 6 rings (SSSR count). The number of aromatic nitrogens is 5. The monoisotopic (exact) mass is 502 g/mol.